The van der Waals surface area contributed by atoms with Crippen LogP contribution in [0.4, 0.5) is 0 Å². The topological polar surface area (TPSA) is 85.1 Å². The van der Waals surface area contributed by atoms with Crippen molar-refractivity contribution >= 4 is 5.91 Å². The van der Waals surface area contributed by atoms with Crippen LogP contribution in [0.15, 0.2) is 15.7 Å². The molecule has 1 fully saturated rings. The SMILES string of the molecule is Cn1c(CNCCNC(=O)C2CC2)cc(=O)n(C)c1=O. The van der Waals surface area contributed by atoms with Crippen LogP contribution in [0.3, 0.4) is 0 Å². The normalized spacial score (nSPS) is 14.3. The van der Waals surface area contributed by atoms with Crippen molar-refractivity contribution in [1.29, 1.82) is 0 Å². The standard InChI is InChI=1S/C13H20N4O3/c1-16-10(7-11(18)17(2)13(16)20)8-14-5-6-15-12(19)9-3-4-9/h7,9,14H,3-6,8H2,1-2H3,(H,15,19). The summed E-state index contributed by atoms with van der Waals surface area (Å²) in [5, 5.41) is 5.95. The van der Waals surface area contributed by atoms with Crippen molar-refractivity contribution < 1.29 is 4.79 Å². The second-order valence-electron chi connectivity index (χ2n) is 5.12. The van der Waals surface area contributed by atoms with Crippen molar-refractivity contribution in [3.8, 4) is 0 Å². The highest BCUT2D eigenvalue weighted by atomic mass is 16.2. The third kappa shape index (κ3) is 3.36. The van der Waals surface area contributed by atoms with E-state index in [4.69, 9.17) is 0 Å². The average molecular weight is 280 g/mol. The summed E-state index contributed by atoms with van der Waals surface area (Å²) >= 11 is 0. The van der Waals surface area contributed by atoms with Gasteiger partial charge < -0.3 is 10.6 Å². The van der Waals surface area contributed by atoms with E-state index in [9.17, 15) is 14.4 Å². The van der Waals surface area contributed by atoms with E-state index < -0.39 is 0 Å². The van der Waals surface area contributed by atoms with E-state index in [1.165, 1.54) is 17.7 Å². The van der Waals surface area contributed by atoms with Crippen molar-refractivity contribution in [2.24, 2.45) is 20.0 Å². The number of aromatic nitrogens is 2. The maximum atomic E-state index is 11.7. The molecule has 20 heavy (non-hydrogen) atoms. The van der Waals surface area contributed by atoms with Gasteiger partial charge >= 0.3 is 5.69 Å². The summed E-state index contributed by atoms with van der Waals surface area (Å²) in [6.45, 7) is 1.57. The van der Waals surface area contributed by atoms with Crippen LogP contribution in [0.2, 0.25) is 0 Å². The number of amides is 1. The van der Waals surface area contributed by atoms with Crippen LogP contribution >= 0.6 is 0 Å². The lowest BCUT2D eigenvalue weighted by molar-refractivity contribution is -0.122. The van der Waals surface area contributed by atoms with Gasteiger partial charge in [-0.1, -0.05) is 0 Å². The van der Waals surface area contributed by atoms with Gasteiger partial charge in [0.1, 0.15) is 0 Å². The molecule has 2 rings (SSSR count). The zero-order chi connectivity index (χ0) is 14.7. The Labute approximate surface area is 116 Å². The highest BCUT2D eigenvalue weighted by Gasteiger charge is 2.28. The summed E-state index contributed by atoms with van der Waals surface area (Å²) in [7, 11) is 3.09. The molecule has 0 radical (unpaired) electrons. The van der Waals surface area contributed by atoms with Gasteiger partial charge in [0.15, 0.2) is 0 Å². The van der Waals surface area contributed by atoms with Gasteiger partial charge in [0, 0.05) is 51.4 Å². The second-order valence-corrected chi connectivity index (χ2v) is 5.12. The fraction of sp³-hybridized carbons (Fsp3) is 0.615. The first-order chi connectivity index (χ1) is 9.50. The van der Waals surface area contributed by atoms with Crippen LogP contribution in [0.1, 0.15) is 18.5 Å². The Bertz CT molecular complexity index is 613. The number of hydrogen-bond acceptors (Lipinski definition) is 4. The lowest BCUT2D eigenvalue weighted by atomic mass is 10.3. The van der Waals surface area contributed by atoms with E-state index in [0.717, 1.165) is 17.4 Å². The molecular formula is C13H20N4O3. The van der Waals surface area contributed by atoms with Crippen molar-refractivity contribution in [3.05, 3.63) is 32.6 Å². The van der Waals surface area contributed by atoms with Crippen LogP contribution in [0.25, 0.3) is 0 Å². The number of nitrogens with zero attached hydrogens (tertiary/aromatic N) is 2. The van der Waals surface area contributed by atoms with Crippen LogP contribution in [-0.4, -0.2) is 28.1 Å². The zero-order valence-corrected chi connectivity index (χ0v) is 11.8. The van der Waals surface area contributed by atoms with E-state index in [1.54, 1.807) is 7.05 Å². The van der Waals surface area contributed by atoms with Gasteiger partial charge in [-0.05, 0) is 12.8 Å². The predicted molar refractivity (Wildman–Crippen MR) is 74.4 cm³/mol. The molecule has 1 saturated carbocycles. The molecule has 0 spiro atoms. The third-order valence-electron chi connectivity index (χ3n) is 3.48. The zero-order valence-electron chi connectivity index (χ0n) is 11.8. The van der Waals surface area contributed by atoms with Gasteiger partial charge in [-0.3, -0.25) is 18.7 Å². The predicted octanol–water partition coefficient (Wildman–Crippen LogP) is -1.30. The number of carbonyl (C=O) groups excluding carboxylic acids is 1. The average Bonchev–Trinajstić information content (AvgIpc) is 3.25. The molecule has 0 saturated heterocycles. The highest BCUT2D eigenvalue weighted by molar-refractivity contribution is 5.80. The Kier molecular flexibility index (Phi) is 4.39. The summed E-state index contributed by atoms with van der Waals surface area (Å²) in [5.41, 5.74) is -0.0186. The number of carbonyl (C=O) groups is 1. The van der Waals surface area contributed by atoms with Crippen molar-refractivity contribution in [2.45, 2.75) is 19.4 Å². The molecule has 2 N–H and O–H groups in total. The first-order valence-electron chi connectivity index (χ1n) is 6.75. The molecule has 0 aliphatic heterocycles. The molecule has 1 aliphatic rings. The summed E-state index contributed by atoms with van der Waals surface area (Å²) in [6.07, 6.45) is 1.99. The highest BCUT2D eigenvalue weighted by Crippen LogP contribution is 2.28. The van der Waals surface area contributed by atoms with Gasteiger partial charge in [0.2, 0.25) is 5.91 Å². The molecule has 0 aromatic carbocycles. The minimum Gasteiger partial charge on any atom is -0.355 e. The van der Waals surface area contributed by atoms with Crippen LogP contribution in [0.5, 0.6) is 0 Å². The fourth-order valence-electron chi connectivity index (χ4n) is 1.93. The van der Waals surface area contributed by atoms with E-state index in [2.05, 4.69) is 10.6 Å². The molecule has 0 bridgehead atoms. The van der Waals surface area contributed by atoms with Crippen molar-refractivity contribution in [2.75, 3.05) is 13.1 Å². The lowest BCUT2D eigenvalue weighted by Crippen LogP contribution is -2.39. The molecule has 1 heterocycles. The van der Waals surface area contributed by atoms with Gasteiger partial charge in [0.25, 0.3) is 5.56 Å². The molecule has 0 unspecified atom stereocenters. The van der Waals surface area contributed by atoms with E-state index in [0.29, 0.717) is 25.3 Å². The Hall–Kier alpha value is -1.89. The lowest BCUT2D eigenvalue weighted by Gasteiger charge is -2.10. The quantitative estimate of drug-likeness (QED) is 0.634. The van der Waals surface area contributed by atoms with E-state index in [1.807, 2.05) is 0 Å². The minimum absolute atomic E-state index is 0.118. The number of rotatable bonds is 6. The fourth-order valence-corrected chi connectivity index (χ4v) is 1.93. The Balaban J connectivity index is 1.80. The minimum atomic E-state index is -0.337. The largest absolute Gasteiger partial charge is 0.355 e. The maximum Gasteiger partial charge on any atom is 0.330 e. The third-order valence-corrected chi connectivity index (χ3v) is 3.48. The van der Waals surface area contributed by atoms with Crippen LogP contribution in [0, 0.1) is 5.92 Å². The molecule has 1 aliphatic carbocycles. The summed E-state index contributed by atoms with van der Waals surface area (Å²) in [5.74, 6) is 0.334. The van der Waals surface area contributed by atoms with Crippen molar-refractivity contribution in [3.63, 3.8) is 0 Å². The van der Waals surface area contributed by atoms with Crippen LogP contribution in [-0.2, 0) is 25.4 Å². The van der Waals surface area contributed by atoms with Gasteiger partial charge in [-0.25, -0.2) is 4.79 Å². The maximum absolute atomic E-state index is 11.7. The summed E-state index contributed by atoms with van der Waals surface area (Å²) in [4.78, 5) is 34.6. The molecule has 1 amide bonds. The smallest absolute Gasteiger partial charge is 0.330 e. The Morgan fingerprint density at radius 1 is 1.25 bits per heavy atom. The first kappa shape index (κ1) is 14.5. The van der Waals surface area contributed by atoms with Gasteiger partial charge in [0.05, 0.1) is 0 Å². The first-order valence-corrected chi connectivity index (χ1v) is 6.75. The molecule has 110 valence electrons. The second kappa shape index (κ2) is 6.04. The Morgan fingerprint density at radius 2 is 1.95 bits per heavy atom. The monoisotopic (exact) mass is 280 g/mol. The number of nitrogens with one attached hydrogen (secondary N) is 2. The summed E-state index contributed by atoms with van der Waals surface area (Å²) in [6, 6.07) is 1.44. The molecule has 7 heteroatoms. The molecular weight excluding hydrogens is 260 g/mol. The van der Waals surface area contributed by atoms with E-state index in [-0.39, 0.29) is 23.1 Å². The molecule has 0 atom stereocenters. The van der Waals surface area contributed by atoms with Crippen LogP contribution < -0.4 is 21.9 Å². The van der Waals surface area contributed by atoms with Gasteiger partial charge in [-0.15, -0.1) is 0 Å². The molecule has 7 nitrogen and oxygen atoms in total. The number of hydrogen-bond donors (Lipinski definition) is 2. The molecule has 1 aromatic heterocycles. The van der Waals surface area contributed by atoms with Crippen molar-refractivity contribution in [1.82, 2.24) is 19.8 Å². The summed E-state index contributed by atoms with van der Waals surface area (Å²) < 4.78 is 2.51. The van der Waals surface area contributed by atoms with E-state index >= 15 is 0 Å². The van der Waals surface area contributed by atoms with Gasteiger partial charge in [-0.2, -0.15) is 0 Å². The Morgan fingerprint density at radius 3 is 2.60 bits per heavy atom. The molecule has 1 aromatic rings.